The highest BCUT2D eigenvalue weighted by atomic mass is 16.3. The van der Waals surface area contributed by atoms with E-state index >= 15 is 0 Å². The lowest BCUT2D eigenvalue weighted by molar-refractivity contribution is 0.0783. The van der Waals surface area contributed by atoms with Gasteiger partial charge in [0, 0.05) is 17.9 Å². The topological polar surface area (TPSA) is 60.7 Å². The van der Waals surface area contributed by atoms with E-state index in [-0.39, 0.29) is 5.92 Å². The molecule has 3 heteroatoms. The second-order valence-electron chi connectivity index (χ2n) is 8.46. The molecular formula is C26H34O3. The number of unbranched alkanes of at least 4 members (excludes halogenated alkanes) is 1. The maximum Gasteiger partial charge on any atom is 0.0852 e. The third-order valence-electron chi connectivity index (χ3n) is 5.25. The molecule has 0 unspecified atom stereocenters. The minimum atomic E-state index is -0.899. The van der Waals surface area contributed by atoms with Crippen molar-refractivity contribution >= 4 is 0 Å². The van der Waals surface area contributed by atoms with Crippen LogP contribution in [0.2, 0.25) is 0 Å². The van der Waals surface area contributed by atoms with Crippen molar-refractivity contribution in [3.05, 3.63) is 71.3 Å². The molecule has 0 heterocycles. The molecular weight excluding hydrogens is 360 g/mol. The van der Waals surface area contributed by atoms with Crippen LogP contribution in [-0.2, 0) is 5.60 Å². The molecule has 0 amide bonds. The summed E-state index contributed by atoms with van der Waals surface area (Å²) in [6, 6.07) is 7.75. The van der Waals surface area contributed by atoms with Gasteiger partial charge in [-0.2, -0.15) is 0 Å². The highest BCUT2D eigenvalue weighted by Gasteiger charge is 2.24. The molecule has 29 heavy (non-hydrogen) atoms. The fourth-order valence-electron chi connectivity index (χ4n) is 3.48. The summed E-state index contributed by atoms with van der Waals surface area (Å²) >= 11 is 0. The Morgan fingerprint density at radius 3 is 2.72 bits per heavy atom. The fourth-order valence-corrected chi connectivity index (χ4v) is 3.48. The van der Waals surface area contributed by atoms with Crippen molar-refractivity contribution < 1.29 is 15.3 Å². The van der Waals surface area contributed by atoms with Gasteiger partial charge in [0.15, 0.2) is 0 Å². The first-order valence-corrected chi connectivity index (χ1v) is 10.4. The van der Waals surface area contributed by atoms with Crippen LogP contribution in [0.5, 0.6) is 0 Å². The maximum absolute atomic E-state index is 10.3. The molecule has 1 saturated carbocycles. The minimum Gasteiger partial charge on any atom is -0.393 e. The number of hydrogen-bond donors (Lipinski definition) is 3. The first-order valence-electron chi connectivity index (χ1n) is 10.4. The molecule has 0 radical (unpaired) electrons. The van der Waals surface area contributed by atoms with E-state index < -0.39 is 17.8 Å². The smallest absolute Gasteiger partial charge is 0.0852 e. The van der Waals surface area contributed by atoms with Crippen LogP contribution in [0, 0.1) is 17.8 Å². The summed E-state index contributed by atoms with van der Waals surface area (Å²) in [5.41, 5.74) is 2.49. The predicted molar refractivity (Wildman–Crippen MR) is 119 cm³/mol. The molecule has 3 N–H and O–H groups in total. The van der Waals surface area contributed by atoms with Crippen LogP contribution in [0.3, 0.4) is 0 Å². The van der Waals surface area contributed by atoms with E-state index in [1.54, 1.807) is 13.8 Å². The van der Waals surface area contributed by atoms with Gasteiger partial charge < -0.3 is 15.3 Å². The SMILES string of the molecule is C=C1C(=CC=CCCC[C@@H](C)C#Cc2ccccc2C(C)(C)O)C[C@@H](O)C[C@@H]1O. The van der Waals surface area contributed by atoms with Gasteiger partial charge in [0.2, 0.25) is 0 Å². The van der Waals surface area contributed by atoms with E-state index in [1.807, 2.05) is 36.4 Å². The number of benzene rings is 1. The van der Waals surface area contributed by atoms with Crippen molar-refractivity contribution in [1.29, 1.82) is 0 Å². The van der Waals surface area contributed by atoms with Crippen molar-refractivity contribution in [2.45, 2.75) is 70.7 Å². The van der Waals surface area contributed by atoms with Gasteiger partial charge in [-0.15, -0.1) is 0 Å². The number of allylic oxidation sites excluding steroid dienone is 3. The Labute approximate surface area is 175 Å². The number of rotatable bonds is 6. The Bertz CT molecular complexity index is 814. The normalized spacial score (nSPS) is 22.6. The van der Waals surface area contributed by atoms with Crippen molar-refractivity contribution in [2.75, 3.05) is 0 Å². The van der Waals surface area contributed by atoms with Crippen molar-refractivity contribution in [3.8, 4) is 11.8 Å². The van der Waals surface area contributed by atoms with E-state index in [9.17, 15) is 15.3 Å². The highest BCUT2D eigenvalue weighted by Crippen LogP contribution is 2.28. The summed E-state index contributed by atoms with van der Waals surface area (Å²) in [6.07, 6.45) is 8.84. The highest BCUT2D eigenvalue weighted by molar-refractivity contribution is 5.44. The summed E-state index contributed by atoms with van der Waals surface area (Å²) in [5.74, 6) is 6.82. The average Bonchev–Trinajstić information content (AvgIpc) is 2.66. The number of hydrogen-bond acceptors (Lipinski definition) is 3. The zero-order chi connectivity index (χ0) is 21.4. The van der Waals surface area contributed by atoms with Gasteiger partial charge in [0.25, 0.3) is 0 Å². The van der Waals surface area contributed by atoms with Gasteiger partial charge in [0.1, 0.15) is 0 Å². The molecule has 1 aromatic rings. The van der Waals surface area contributed by atoms with Gasteiger partial charge in [-0.3, -0.25) is 0 Å². The monoisotopic (exact) mass is 394 g/mol. The molecule has 0 aliphatic heterocycles. The first-order chi connectivity index (χ1) is 13.7. The van der Waals surface area contributed by atoms with Crippen molar-refractivity contribution in [1.82, 2.24) is 0 Å². The molecule has 3 nitrogen and oxygen atoms in total. The average molecular weight is 395 g/mol. The van der Waals surface area contributed by atoms with Gasteiger partial charge >= 0.3 is 0 Å². The second kappa shape index (κ2) is 10.6. The Kier molecular flexibility index (Phi) is 8.46. The number of aliphatic hydroxyl groups excluding tert-OH is 2. The van der Waals surface area contributed by atoms with Gasteiger partial charge in [-0.05, 0) is 62.3 Å². The maximum atomic E-state index is 10.3. The molecule has 2 rings (SSSR count). The van der Waals surface area contributed by atoms with Crippen LogP contribution < -0.4 is 0 Å². The van der Waals surface area contributed by atoms with E-state index in [4.69, 9.17) is 0 Å². The Hall–Kier alpha value is -2.12. The zero-order valence-corrected chi connectivity index (χ0v) is 17.9. The summed E-state index contributed by atoms with van der Waals surface area (Å²) in [4.78, 5) is 0. The summed E-state index contributed by atoms with van der Waals surface area (Å²) in [6.45, 7) is 9.61. The van der Waals surface area contributed by atoms with Gasteiger partial charge in [-0.1, -0.05) is 61.8 Å². The van der Waals surface area contributed by atoms with E-state index in [1.165, 1.54) is 0 Å². The third-order valence-corrected chi connectivity index (χ3v) is 5.25. The lowest BCUT2D eigenvalue weighted by atomic mass is 9.86. The van der Waals surface area contributed by atoms with E-state index in [0.717, 1.165) is 41.5 Å². The molecule has 0 saturated heterocycles. The van der Waals surface area contributed by atoms with Crippen LogP contribution in [0.15, 0.2) is 60.2 Å². The first kappa shape index (κ1) is 23.2. The molecule has 0 spiro atoms. The Morgan fingerprint density at radius 1 is 1.28 bits per heavy atom. The molecule has 3 atom stereocenters. The lowest BCUT2D eigenvalue weighted by Crippen LogP contribution is -2.26. The fraction of sp³-hybridized carbons (Fsp3) is 0.462. The van der Waals surface area contributed by atoms with Crippen LogP contribution in [0.25, 0.3) is 0 Å². The van der Waals surface area contributed by atoms with Crippen molar-refractivity contribution in [3.63, 3.8) is 0 Å². The standard InChI is InChI=1S/C26H34O3/c1-19(15-16-21-12-9-10-14-24(21)26(3,4)29)11-7-5-6-8-13-22-17-23(27)18-25(28)20(22)2/h6,8-10,12-14,19,23,25,27-29H,2,5,7,11,17-18H2,1,3-4H3/t19-,23-,25+/m1/s1. The third kappa shape index (κ3) is 7.33. The Morgan fingerprint density at radius 2 is 2.00 bits per heavy atom. The van der Waals surface area contributed by atoms with Crippen molar-refractivity contribution in [2.24, 2.45) is 5.92 Å². The summed E-state index contributed by atoms with van der Waals surface area (Å²) in [7, 11) is 0. The largest absolute Gasteiger partial charge is 0.393 e. The molecule has 1 aromatic carbocycles. The predicted octanol–water partition coefficient (Wildman–Crippen LogP) is 4.63. The minimum absolute atomic E-state index is 0.278. The Balaban J connectivity index is 1.82. The summed E-state index contributed by atoms with van der Waals surface area (Å²) in [5, 5.41) is 29.9. The van der Waals surface area contributed by atoms with E-state index in [2.05, 4.69) is 31.4 Å². The zero-order valence-electron chi connectivity index (χ0n) is 17.9. The van der Waals surface area contributed by atoms with E-state index in [0.29, 0.717) is 12.8 Å². The van der Waals surface area contributed by atoms with Gasteiger partial charge in [-0.25, -0.2) is 0 Å². The molecule has 1 fully saturated rings. The molecule has 0 bridgehead atoms. The lowest BCUT2D eigenvalue weighted by Gasteiger charge is -2.26. The molecule has 1 aliphatic carbocycles. The molecule has 0 aromatic heterocycles. The van der Waals surface area contributed by atoms with Crippen LogP contribution >= 0.6 is 0 Å². The summed E-state index contributed by atoms with van der Waals surface area (Å²) < 4.78 is 0. The second-order valence-corrected chi connectivity index (χ2v) is 8.46. The molecule has 1 aliphatic rings. The number of aliphatic hydroxyl groups is 3. The van der Waals surface area contributed by atoms with Gasteiger partial charge in [0.05, 0.1) is 17.8 Å². The van der Waals surface area contributed by atoms with Crippen LogP contribution in [-0.4, -0.2) is 27.5 Å². The molecule has 156 valence electrons. The quantitative estimate of drug-likeness (QED) is 0.487. The van der Waals surface area contributed by atoms with Crippen LogP contribution in [0.1, 0.15) is 64.0 Å². The van der Waals surface area contributed by atoms with Crippen LogP contribution in [0.4, 0.5) is 0 Å².